The van der Waals surface area contributed by atoms with Gasteiger partial charge in [0.25, 0.3) is 11.1 Å². The Morgan fingerprint density at radius 2 is 1.97 bits per heavy atom. The van der Waals surface area contributed by atoms with Gasteiger partial charge in [-0.15, -0.1) is 0 Å². The molecule has 13 heteroatoms. The molecule has 9 nitrogen and oxygen atoms in total. The average molecular weight is 544 g/mol. The number of H-pyrrole nitrogens is 1. The first-order valence-electron chi connectivity index (χ1n) is 12.0. The van der Waals surface area contributed by atoms with Gasteiger partial charge in [-0.3, -0.25) is 14.9 Å². The number of aromatic amines is 1. The van der Waals surface area contributed by atoms with Crippen LogP contribution in [0.5, 0.6) is 0 Å². The molecular formula is C25H24F3N7O2S. The number of hydrogen-bond donors (Lipinski definition) is 3. The summed E-state index contributed by atoms with van der Waals surface area (Å²) in [7, 11) is 0. The number of pyridine rings is 1. The van der Waals surface area contributed by atoms with Crippen LogP contribution in [-0.2, 0) is 17.5 Å². The Bertz CT molecular complexity index is 1350. The van der Waals surface area contributed by atoms with Gasteiger partial charge in [-0.25, -0.2) is 15.0 Å². The number of aromatic nitrogens is 4. The molecule has 2 amide bonds. The Balaban J connectivity index is 1.16. The molecule has 2 fully saturated rings. The van der Waals surface area contributed by atoms with Crippen LogP contribution in [0, 0.1) is 5.92 Å². The predicted molar refractivity (Wildman–Crippen MR) is 137 cm³/mol. The van der Waals surface area contributed by atoms with E-state index in [4.69, 9.17) is 0 Å². The number of carbonyl (C=O) groups is 2. The van der Waals surface area contributed by atoms with Gasteiger partial charge >= 0.3 is 6.18 Å². The highest BCUT2D eigenvalue weighted by Crippen LogP contribution is 2.32. The lowest BCUT2D eigenvalue weighted by Crippen LogP contribution is -2.38. The molecule has 0 unspecified atom stereocenters. The number of carbonyl (C=O) groups excluding carboxylic acids is 2. The minimum absolute atomic E-state index is 0.228. The highest BCUT2D eigenvalue weighted by atomic mass is 32.2. The first kappa shape index (κ1) is 25.9. The number of thioether (sulfide) groups is 1. The molecule has 0 bridgehead atoms. The number of anilines is 1. The third kappa shape index (κ3) is 6.22. The summed E-state index contributed by atoms with van der Waals surface area (Å²) in [5.41, 5.74) is 0.937. The summed E-state index contributed by atoms with van der Waals surface area (Å²) in [6.07, 6.45) is 2.09. The van der Waals surface area contributed by atoms with Gasteiger partial charge in [-0.1, -0.05) is 0 Å². The summed E-state index contributed by atoms with van der Waals surface area (Å²) in [5.74, 6) is 0.453. The molecule has 2 aliphatic heterocycles. The SMILES string of the molecule is O=C1NC(=O)/C(=C\c2ccnc(N3CCC(CNCc4cc(C(F)(F)F)cc(-c5ccc[nH]5)n4)CC3)n2)S1. The van der Waals surface area contributed by atoms with E-state index in [1.54, 1.807) is 36.7 Å². The van der Waals surface area contributed by atoms with Gasteiger partial charge in [0.15, 0.2) is 0 Å². The standard InChI is InChI=1S/C25H24F3N7O2S/c26-25(27,28)16-10-18(32-20(11-16)19-2-1-6-30-19)14-29-13-15-4-8-35(9-5-15)23-31-7-3-17(33-23)12-21-22(36)34-24(37)38-21/h1-3,6-7,10-12,15,29-30H,4-5,8-9,13-14H2,(H,34,36,37)/b21-12+. The molecule has 0 atom stereocenters. The zero-order chi connectivity index (χ0) is 26.7. The van der Waals surface area contributed by atoms with Crippen molar-refractivity contribution >= 4 is 34.9 Å². The Labute approximate surface area is 220 Å². The van der Waals surface area contributed by atoms with Crippen molar-refractivity contribution in [3.63, 3.8) is 0 Å². The highest BCUT2D eigenvalue weighted by Gasteiger charge is 2.32. The van der Waals surface area contributed by atoms with E-state index in [9.17, 15) is 22.8 Å². The Hall–Kier alpha value is -3.71. The summed E-state index contributed by atoms with van der Waals surface area (Å²) in [5, 5.41) is 5.08. The maximum Gasteiger partial charge on any atom is 0.416 e. The number of amides is 2. The molecule has 0 aliphatic carbocycles. The van der Waals surface area contributed by atoms with Crippen molar-refractivity contribution in [2.45, 2.75) is 25.6 Å². The molecule has 2 saturated heterocycles. The topological polar surface area (TPSA) is 116 Å². The molecule has 0 aromatic carbocycles. The molecule has 198 valence electrons. The van der Waals surface area contributed by atoms with Gasteiger partial charge in [0.1, 0.15) is 0 Å². The summed E-state index contributed by atoms with van der Waals surface area (Å²) in [6.45, 7) is 2.32. The normalized spacial score (nSPS) is 17.9. The van der Waals surface area contributed by atoms with Gasteiger partial charge in [-0.2, -0.15) is 13.2 Å². The molecule has 0 saturated carbocycles. The van der Waals surface area contributed by atoms with E-state index in [1.165, 1.54) is 0 Å². The third-order valence-electron chi connectivity index (χ3n) is 6.30. The molecule has 0 spiro atoms. The van der Waals surface area contributed by atoms with Crippen LogP contribution in [0.25, 0.3) is 17.5 Å². The van der Waals surface area contributed by atoms with Gasteiger partial charge in [0.05, 0.1) is 33.2 Å². The molecule has 5 rings (SSSR count). The van der Waals surface area contributed by atoms with Crippen molar-refractivity contribution in [2.24, 2.45) is 5.92 Å². The van der Waals surface area contributed by atoms with Gasteiger partial charge in [0, 0.05) is 32.0 Å². The minimum Gasteiger partial charge on any atom is -0.360 e. The van der Waals surface area contributed by atoms with E-state index in [2.05, 4.69) is 35.5 Å². The largest absolute Gasteiger partial charge is 0.416 e. The fourth-order valence-corrected chi connectivity index (χ4v) is 5.03. The van der Waals surface area contributed by atoms with E-state index in [1.807, 2.05) is 0 Å². The van der Waals surface area contributed by atoms with E-state index in [-0.39, 0.29) is 12.2 Å². The minimum atomic E-state index is -4.46. The Morgan fingerprint density at radius 1 is 1.16 bits per heavy atom. The molecule has 5 heterocycles. The van der Waals surface area contributed by atoms with E-state index < -0.39 is 22.9 Å². The predicted octanol–water partition coefficient (Wildman–Crippen LogP) is 4.22. The van der Waals surface area contributed by atoms with Crippen molar-refractivity contribution in [1.29, 1.82) is 0 Å². The number of halogens is 3. The number of rotatable bonds is 7. The van der Waals surface area contributed by atoms with Crippen LogP contribution >= 0.6 is 11.8 Å². The van der Waals surface area contributed by atoms with Gasteiger partial charge in [-0.05, 0) is 73.5 Å². The summed E-state index contributed by atoms with van der Waals surface area (Å²) < 4.78 is 40.3. The number of nitrogens with one attached hydrogen (secondary N) is 3. The first-order valence-corrected chi connectivity index (χ1v) is 12.8. The second-order valence-corrected chi connectivity index (χ2v) is 10.0. The zero-order valence-electron chi connectivity index (χ0n) is 20.1. The van der Waals surface area contributed by atoms with E-state index >= 15 is 0 Å². The number of nitrogens with zero attached hydrogens (tertiary/aromatic N) is 4. The first-order chi connectivity index (χ1) is 18.2. The number of hydrogen-bond acceptors (Lipinski definition) is 8. The fraction of sp³-hybridized carbons (Fsp3) is 0.320. The molecule has 3 aromatic rings. The third-order valence-corrected chi connectivity index (χ3v) is 7.11. The lowest BCUT2D eigenvalue weighted by Gasteiger charge is -2.32. The van der Waals surface area contributed by atoms with Crippen molar-refractivity contribution < 1.29 is 22.8 Å². The maximum atomic E-state index is 13.4. The zero-order valence-corrected chi connectivity index (χ0v) is 20.9. The van der Waals surface area contributed by atoms with E-state index in [0.717, 1.165) is 49.8 Å². The summed E-state index contributed by atoms with van der Waals surface area (Å²) >= 11 is 0.837. The molecule has 38 heavy (non-hydrogen) atoms. The molecule has 3 N–H and O–H groups in total. The maximum absolute atomic E-state index is 13.4. The number of alkyl halides is 3. The van der Waals surface area contributed by atoms with Crippen molar-refractivity contribution in [2.75, 3.05) is 24.5 Å². The molecular weight excluding hydrogens is 519 g/mol. The van der Waals surface area contributed by atoms with Crippen molar-refractivity contribution in [3.8, 4) is 11.4 Å². The van der Waals surface area contributed by atoms with Gasteiger partial charge < -0.3 is 15.2 Å². The van der Waals surface area contributed by atoms with Crippen LogP contribution in [0.4, 0.5) is 23.9 Å². The van der Waals surface area contributed by atoms with Crippen molar-refractivity contribution in [1.82, 2.24) is 30.6 Å². The Kier molecular flexibility index (Phi) is 7.47. The van der Waals surface area contributed by atoms with Gasteiger partial charge in [0.2, 0.25) is 5.95 Å². The Morgan fingerprint density at radius 3 is 2.66 bits per heavy atom. The average Bonchev–Trinajstić information content (AvgIpc) is 3.54. The van der Waals surface area contributed by atoms with Crippen LogP contribution in [0.1, 0.15) is 29.8 Å². The summed E-state index contributed by atoms with van der Waals surface area (Å²) in [4.78, 5) is 41.7. The van der Waals surface area contributed by atoms with Crippen molar-refractivity contribution in [3.05, 3.63) is 64.6 Å². The smallest absolute Gasteiger partial charge is 0.360 e. The second kappa shape index (κ2) is 11.0. The summed E-state index contributed by atoms with van der Waals surface area (Å²) in [6, 6.07) is 7.22. The van der Waals surface area contributed by atoms with Crippen LogP contribution in [-0.4, -0.2) is 50.7 Å². The van der Waals surface area contributed by atoms with Crippen LogP contribution < -0.4 is 15.5 Å². The highest BCUT2D eigenvalue weighted by molar-refractivity contribution is 8.18. The quantitative estimate of drug-likeness (QED) is 0.380. The van der Waals surface area contributed by atoms with Crippen LogP contribution in [0.2, 0.25) is 0 Å². The molecule has 3 aromatic heterocycles. The fourth-order valence-electron chi connectivity index (χ4n) is 4.36. The lowest BCUT2D eigenvalue weighted by molar-refractivity contribution is -0.137. The number of piperidine rings is 1. The molecule has 0 radical (unpaired) electrons. The van der Waals surface area contributed by atoms with Crippen LogP contribution in [0.3, 0.4) is 0 Å². The second-order valence-electron chi connectivity index (χ2n) is 9.01. The number of imide groups is 1. The lowest BCUT2D eigenvalue weighted by atomic mass is 9.97. The van der Waals surface area contributed by atoms with E-state index in [0.29, 0.717) is 40.4 Å². The monoisotopic (exact) mass is 543 g/mol. The molecule has 2 aliphatic rings. The van der Waals surface area contributed by atoms with Crippen LogP contribution in [0.15, 0.2) is 47.6 Å².